The summed E-state index contributed by atoms with van der Waals surface area (Å²) in [7, 11) is 0. The summed E-state index contributed by atoms with van der Waals surface area (Å²) in [4.78, 5) is 19.3. The van der Waals surface area contributed by atoms with Gasteiger partial charge in [-0.05, 0) is 63.5 Å². The Balaban J connectivity index is 1.36. The molecule has 0 unspecified atom stereocenters. The van der Waals surface area contributed by atoms with Crippen molar-refractivity contribution in [1.82, 2.24) is 15.2 Å². The number of likely N-dealkylation sites (tertiary alicyclic amines) is 1. The second-order valence-corrected chi connectivity index (χ2v) is 9.19. The first-order valence-corrected chi connectivity index (χ1v) is 11.7. The van der Waals surface area contributed by atoms with Gasteiger partial charge in [-0.25, -0.2) is 4.98 Å². The Kier molecular flexibility index (Phi) is 8.17. The number of amides is 1. The Morgan fingerprint density at radius 2 is 1.93 bits per heavy atom. The van der Waals surface area contributed by atoms with E-state index in [4.69, 9.17) is 0 Å². The van der Waals surface area contributed by atoms with E-state index >= 15 is 0 Å². The van der Waals surface area contributed by atoms with Crippen LogP contribution in [0.4, 0.5) is 0 Å². The van der Waals surface area contributed by atoms with E-state index in [0.29, 0.717) is 0 Å². The highest BCUT2D eigenvalue weighted by Crippen LogP contribution is 2.26. The van der Waals surface area contributed by atoms with E-state index < -0.39 is 0 Å². The Morgan fingerprint density at radius 3 is 2.59 bits per heavy atom. The molecule has 4 nitrogen and oxygen atoms in total. The van der Waals surface area contributed by atoms with E-state index in [-0.39, 0.29) is 5.91 Å². The van der Waals surface area contributed by atoms with Gasteiger partial charge in [0.1, 0.15) is 4.34 Å². The van der Waals surface area contributed by atoms with Gasteiger partial charge < -0.3 is 10.2 Å². The molecule has 6 heteroatoms. The second kappa shape index (κ2) is 10.8. The molecule has 1 amide bonds. The molecule has 0 radical (unpaired) electrons. The summed E-state index contributed by atoms with van der Waals surface area (Å²) in [5.74, 6) is 0.908. The molecule has 0 spiro atoms. The number of thioether (sulfide) groups is 1. The molecule has 1 fully saturated rings. The Bertz CT molecular complexity index is 706. The molecule has 27 heavy (non-hydrogen) atoms. The third-order valence-electron chi connectivity index (χ3n) is 4.81. The molecule has 1 aliphatic rings. The highest BCUT2D eigenvalue weighted by molar-refractivity contribution is 8.00. The number of nitrogens with zero attached hydrogens (tertiary/aromatic N) is 2. The first-order valence-electron chi connectivity index (χ1n) is 9.85. The van der Waals surface area contributed by atoms with Crippen LogP contribution in [-0.2, 0) is 5.75 Å². The van der Waals surface area contributed by atoms with Crippen molar-refractivity contribution in [2.45, 2.75) is 49.1 Å². The monoisotopic (exact) mass is 403 g/mol. The van der Waals surface area contributed by atoms with Crippen molar-refractivity contribution in [3.8, 4) is 0 Å². The number of aryl methyl sites for hydroxylation is 1. The average molecular weight is 404 g/mol. The van der Waals surface area contributed by atoms with Gasteiger partial charge in [-0.2, -0.15) is 0 Å². The van der Waals surface area contributed by atoms with E-state index in [2.05, 4.69) is 20.6 Å². The van der Waals surface area contributed by atoms with Crippen LogP contribution >= 0.6 is 23.1 Å². The predicted octanol–water partition coefficient (Wildman–Crippen LogP) is 4.74. The average Bonchev–Trinajstić information content (AvgIpc) is 2.93. The maximum absolute atomic E-state index is 12.3. The zero-order valence-electron chi connectivity index (χ0n) is 16.1. The Labute approximate surface area is 170 Å². The standard InChI is InChI=1S/C21H29N3OS2/c1-17-15-26-21(23-17)27-16-18-7-9-19(10-8-18)20(25)22-11-6-14-24-12-4-2-3-5-13-24/h7-10,15H,2-6,11-14,16H2,1H3,(H,22,25). The number of thiazole rings is 1. The van der Waals surface area contributed by atoms with Gasteiger partial charge in [-0.3, -0.25) is 4.79 Å². The molecule has 1 aromatic heterocycles. The molecule has 0 aliphatic carbocycles. The van der Waals surface area contributed by atoms with Crippen molar-refractivity contribution in [2.75, 3.05) is 26.2 Å². The lowest BCUT2D eigenvalue weighted by Gasteiger charge is -2.19. The summed E-state index contributed by atoms with van der Waals surface area (Å²) in [6, 6.07) is 7.93. The fourth-order valence-corrected chi connectivity index (χ4v) is 5.07. The summed E-state index contributed by atoms with van der Waals surface area (Å²) in [5.41, 5.74) is 3.03. The lowest BCUT2D eigenvalue weighted by molar-refractivity contribution is 0.0951. The number of aromatic nitrogens is 1. The van der Waals surface area contributed by atoms with E-state index in [0.717, 1.165) is 40.9 Å². The summed E-state index contributed by atoms with van der Waals surface area (Å²) in [6.45, 7) is 6.28. The SMILES string of the molecule is Cc1csc(SCc2ccc(C(=O)NCCCN3CCCCCC3)cc2)n1. The normalized spacial score (nSPS) is 15.4. The van der Waals surface area contributed by atoms with Crippen molar-refractivity contribution in [2.24, 2.45) is 0 Å². The van der Waals surface area contributed by atoms with E-state index in [1.165, 1.54) is 44.3 Å². The van der Waals surface area contributed by atoms with Crippen molar-refractivity contribution in [3.63, 3.8) is 0 Å². The van der Waals surface area contributed by atoms with Gasteiger partial charge in [0.25, 0.3) is 5.91 Å². The second-order valence-electron chi connectivity index (χ2n) is 7.11. The van der Waals surface area contributed by atoms with Crippen LogP contribution in [0, 0.1) is 6.92 Å². The van der Waals surface area contributed by atoms with Crippen LogP contribution in [0.15, 0.2) is 34.0 Å². The van der Waals surface area contributed by atoms with E-state index in [9.17, 15) is 4.79 Å². The number of hydrogen-bond donors (Lipinski definition) is 1. The van der Waals surface area contributed by atoms with Gasteiger partial charge in [0.05, 0.1) is 0 Å². The van der Waals surface area contributed by atoms with Crippen LogP contribution < -0.4 is 5.32 Å². The third-order valence-corrected chi connectivity index (χ3v) is 7.02. The summed E-state index contributed by atoms with van der Waals surface area (Å²) in [6.07, 6.45) is 6.39. The highest BCUT2D eigenvalue weighted by atomic mass is 32.2. The van der Waals surface area contributed by atoms with Gasteiger partial charge in [0.2, 0.25) is 0 Å². The largest absolute Gasteiger partial charge is 0.352 e. The van der Waals surface area contributed by atoms with Gasteiger partial charge in [-0.15, -0.1) is 11.3 Å². The minimum absolute atomic E-state index is 0.0283. The van der Waals surface area contributed by atoms with Crippen molar-refractivity contribution in [1.29, 1.82) is 0 Å². The molecule has 0 saturated carbocycles. The van der Waals surface area contributed by atoms with Gasteiger partial charge >= 0.3 is 0 Å². The molecular weight excluding hydrogens is 374 g/mol. The van der Waals surface area contributed by atoms with Gasteiger partial charge in [0.15, 0.2) is 0 Å². The van der Waals surface area contributed by atoms with Crippen molar-refractivity contribution < 1.29 is 4.79 Å². The molecule has 1 saturated heterocycles. The summed E-state index contributed by atoms with van der Waals surface area (Å²) < 4.78 is 1.10. The minimum Gasteiger partial charge on any atom is -0.352 e. The number of benzene rings is 1. The molecular formula is C21H29N3OS2. The fourth-order valence-electron chi connectivity index (χ4n) is 3.26. The number of carbonyl (C=O) groups is 1. The first kappa shape index (κ1) is 20.4. The molecule has 1 aliphatic heterocycles. The lowest BCUT2D eigenvalue weighted by Crippen LogP contribution is -2.30. The lowest BCUT2D eigenvalue weighted by atomic mass is 10.1. The molecule has 3 rings (SSSR count). The minimum atomic E-state index is 0.0283. The fraction of sp³-hybridized carbons (Fsp3) is 0.524. The van der Waals surface area contributed by atoms with Crippen LogP contribution in [0.2, 0.25) is 0 Å². The summed E-state index contributed by atoms with van der Waals surface area (Å²) >= 11 is 3.43. The molecule has 2 aromatic rings. The van der Waals surface area contributed by atoms with Gasteiger partial charge in [-0.1, -0.05) is 36.7 Å². The topological polar surface area (TPSA) is 45.2 Å². The number of nitrogens with one attached hydrogen (secondary N) is 1. The van der Waals surface area contributed by atoms with E-state index in [1.807, 2.05) is 31.2 Å². The molecule has 1 N–H and O–H groups in total. The van der Waals surface area contributed by atoms with Crippen molar-refractivity contribution >= 4 is 29.0 Å². The van der Waals surface area contributed by atoms with Crippen LogP contribution in [0.5, 0.6) is 0 Å². The zero-order valence-corrected chi connectivity index (χ0v) is 17.7. The predicted molar refractivity (Wildman–Crippen MR) is 115 cm³/mol. The van der Waals surface area contributed by atoms with Crippen LogP contribution in [0.3, 0.4) is 0 Å². The van der Waals surface area contributed by atoms with Crippen LogP contribution in [-0.4, -0.2) is 42.0 Å². The smallest absolute Gasteiger partial charge is 0.251 e. The Morgan fingerprint density at radius 1 is 1.19 bits per heavy atom. The number of hydrogen-bond acceptors (Lipinski definition) is 5. The molecule has 0 atom stereocenters. The molecule has 2 heterocycles. The Hall–Kier alpha value is -1.37. The maximum atomic E-state index is 12.3. The quantitative estimate of drug-likeness (QED) is 0.511. The van der Waals surface area contributed by atoms with Gasteiger partial charge in [0, 0.05) is 28.9 Å². The molecule has 0 bridgehead atoms. The van der Waals surface area contributed by atoms with Crippen LogP contribution in [0.25, 0.3) is 0 Å². The van der Waals surface area contributed by atoms with E-state index in [1.54, 1.807) is 23.1 Å². The molecule has 1 aromatic carbocycles. The molecule has 146 valence electrons. The van der Waals surface area contributed by atoms with Crippen molar-refractivity contribution in [3.05, 3.63) is 46.5 Å². The first-order chi connectivity index (χ1) is 13.2. The van der Waals surface area contributed by atoms with Crippen LogP contribution in [0.1, 0.15) is 53.7 Å². The third kappa shape index (κ3) is 6.94. The zero-order chi connectivity index (χ0) is 18.9. The number of carbonyl (C=O) groups excluding carboxylic acids is 1. The number of rotatable bonds is 8. The highest BCUT2D eigenvalue weighted by Gasteiger charge is 2.09. The summed E-state index contributed by atoms with van der Waals surface area (Å²) in [5, 5.41) is 5.13. The maximum Gasteiger partial charge on any atom is 0.251 e.